The molecule has 0 aromatic rings. The molecule has 2 aliphatic rings. The van der Waals surface area contributed by atoms with Gasteiger partial charge in [-0.25, -0.2) is 0 Å². The van der Waals surface area contributed by atoms with E-state index in [-0.39, 0.29) is 25.0 Å². The summed E-state index contributed by atoms with van der Waals surface area (Å²) in [6.45, 7) is 1.21. The number of rotatable bonds is 8. The highest BCUT2D eigenvalue weighted by molar-refractivity contribution is 5.72. The minimum Gasteiger partial charge on any atom is -0.481 e. The third-order valence-corrected chi connectivity index (χ3v) is 3.18. The zero-order valence-corrected chi connectivity index (χ0v) is 9.42. The maximum Gasteiger partial charge on any atom is 0.303 e. The van der Waals surface area contributed by atoms with Gasteiger partial charge < -0.3 is 19.7 Å². The molecule has 2 rings (SSSR count). The molecule has 0 bridgehead atoms. The molecule has 0 spiro atoms. The summed E-state index contributed by atoms with van der Waals surface area (Å²) in [5.41, 5.74) is -0.736. The Kier molecular flexibility index (Phi) is 3.35. The molecular formula is C11H16O6. The van der Waals surface area contributed by atoms with Gasteiger partial charge in [-0.1, -0.05) is 0 Å². The van der Waals surface area contributed by atoms with Crippen molar-refractivity contribution in [1.82, 2.24) is 0 Å². The van der Waals surface area contributed by atoms with Crippen LogP contribution in [0.15, 0.2) is 0 Å². The number of carbonyl (C=O) groups is 2. The van der Waals surface area contributed by atoms with Gasteiger partial charge in [0.05, 0.1) is 38.3 Å². The Morgan fingerprint density at radius 2 is 1.35 bits per heavy atom. The number of hydrogen-bond donors (Lipinski definition) is 2. The Balaban J connectivity index is 2.06. The van der Waals surface area contributed by atoms with E-state index in [0.29, 0.717) is 26.1 Å². The SMILES string of the molecule is O=C(O)CC(CC(=O)O)(CC1CO1)CC1CO1. The molecule has 2 aliphatic heterocycles. The second-order valence-corrected chi connectivity index (χ2v) is 4.96. The van der Waals surface area contributed by atoms with Crippen LogP contribution in [-0.4, -0.2) is 47.6 Å². The lowest BCUT2D eigenvalue weighted by atomic mass is 9.73. The van der Waals surface area contributed by atoms with Gasteiger partial charge in [0, 0.05) is 0 Å². The first-order valence-electron chi connectivity index (χ1n) is 5.66. The second kappa shape index (κ2) is 4.62. The first-order chi connectivity index (χ1) is 7.99. The molecule has 2 saturated heterocycles. The summed E-state index contributed by atoms with van der Waals surface area (Å²) >= 11 is 0. The fraction of sp³-hybridized carbons (Fsp3) is 0.818. The van der Waals surface area contributed by atoms with Gasteiger partial charge in [0.15, 0.2) is 0 Å². The molecular weight excluding hydrogens is 228 g/mol. The van der Waals surface area contributed by atoms with Gasteiger partial charge in [0.1, 0.15) is 0 Å². The number of carboxylic acids is 2. The van der Waals surface area contributed by atoms with Crippen LogP contribution in [0, 0.1) is 5.41 Å². The smallest absolute Gasteiger partial charge is 0.303 e. The van der Waals surface area contributed by atoms with Crippen molar-refractivity contribution >= 4 is 11.9 Å². The van der Waals surface area contributed by atoms with Gasteiger partial charge in [-0.2, -0.15) is 0 Å². The molecule has 6 heteroatoms. The van der Waals surface area contributed by atoms with E-state index in [0.717, 1.165) is 0 Å². The van der Waals surface area contributed by atoms with Crippen molar-refractivity contribution in [3.8, 4) is 0 Å². The summed E-state index contributed by atoms with van der Waals surface area (Å²) in [5, 5.41) is 17.9. The van der Waals surface area contributed by atoms with E-state index in [1.54, 1.807) is 0 Å². The third kappa shape index (κ3) is 3.98. The van der Waals surface area contributed by atoms with Crippen LogP contribution in [0.4, 0.5) is 0 Å². The van der Waals surface area contributed by atoms with Crippen molar-refractivity contribution in [2.24, 2.45) is 5.41 Å². The van der Waals surface area contributed by atoms with E-state index >= 15 is 0 Å². The maximum atomic E-state index is 10.9. The molecule has 2 atom stereocenters. The average molecular weight is 244 g/mol. The molecule has 2 N–H and O–H groups in total. The number of aliphatic carboxylic acids is 2. The zero-order valence-electron chi connectivity index (χ0n) is 9.42. The lowest BCUT2D eigenvalue weighted by Gasteiger charge is -2.29. The maximum absolute atomic E-state index is 10.9. The van der Waals surface area contributed by atoms with Crippen molar-refractivity contribution < 1.29 is 29.3 Å². The van der Waals surface area contributed by atoms with Gasteiger partial charge in [-0.3, -0.25) is 9.59 Å². The van der Waals surface area contributed by atoms with Crippen LogP contribution in [0.25, 0.3) is 0 Å². The van der Waals surface area contributed by atoms with E-state index < -0.39 is 17.4 Å². The molecule has 0 saturated carbocycles. The first-order valence-corrected chi connectivity index (χ1v) is 5.66. The standard InChI is InChI=1S/C11H16O6/c12-9(13)3-11(4-10(14)15,1-7-5-16-7)2-8-6-17-8/h7-8H,1-6H2,(H,12,13)(H,14,15). The van der Waals surface area contributed by atoms with E-state index in [1.807, 2.05) is 0 Å². The van der Waals surface area contributed by atoms with Crippen molar-refractivity contribution in [3.63, 3.8) is 0 Å². The van der Waals surface area contributed by atoms with Gasteiger partial charge in [0.2, 0.25) is 0 Å². The molecule has 0 amide bonds. The molecule has 0 aromatic carbocycles. The van der Waals surface area contributed by atoms with E-state index in [9.17, 15) is 9.59 Å². The number of ether oxygens (including phenoxy) is 2. The minimum absolute atomic E-state index is 0.0208. The summed E-state index contributed by atoms with van der Waals surface area (Å²) in [4.78, 5) is 21.9. The monoisotopic (exact) mass is 244 g/mol. The molecule has 0 aromatic heterocycles. The quantitative estimate of drug-likeness (QED) is 0.603. The Labute approximate surface area is 98.5 Å². The summed E-state index contributed by atoms with van der Waals surface area (Å²) in [6.07, 6.45) is 0.745. The Bertz CT molecular complexity index is 286. The lowest BCUT2D eigenvalue weighted by molar-refractivity contribution is -0.144. The zero-order chi connectivity index (χ0) is 12.5. The number of hydrogen-bond acceptors (Lipinski definition) is 4. The molecule has 96 valence electrons. The second-order valence-electron chi connectivity index (χ2n) is 4.96. The van der Waals surface area contributed by atoms with Crippen LogP contribution in [0.2, 0.25) is 0 Å². The normalized spacial score (nSPS) is 26.6. The largest absolute Gasteiger partial charge is 0.481 e. The van der Waals surface area contributed by atoms with Crippen molar-refractivity contribution in [1.29, 1.82) is 0 Å². The van der Waals surface area contributed by atoms with Gasteiger partial charge in [-0.05, 0) is 18.3 Å². The summed E-state index contributed by atoms with van der Waals surface area (Å²) < 4.78 is 10.2. The van der Waals surface area contributed by atoms with Crippen molar-refractivity contribution in [3.05, 3.63) is 0 Å². The fourth-order valence-electron chi connectivity index (χ4n) is 2.41. The highest BCUT2D eigenvalue weighted by Crippen LogP contribution is 2.43. The summed E-state index contributed by atoms with van der Waals surface area (Å²) in [7, 11) is 0. The Hall–Kier alpha value is -1.14. The first kappa shape index (κ1) is 12.3. The van der Waals surface area contributed by atoms with Crippen molar-refractivity contribution in [2.45, 2.75) is 37.9 Å². The lowest BCUT2D eigenvalue weighted by Crippen LogP contribution is -2.31. The topological polar surface area (TPSA) is 99.7 Å². The van der Waals surface area contributed by atoms with E-state index in [4.69, 9.17) is 19.7 Å². The molecule has 2 fully saturated rings. The molecule has 0 aliphatic carbocycles. The fourth-order valence-corrected chi connectivity index (χ4v) is 2.41. The summed E-state index contributed by atoms with van der Waals surface area (Å²) in [5.74, 6) is -1.93. The number of carboxylic acid groups (broad SMARTS) is 2. The van der Waals surface area contributed by atoms with Gasteiger partial charge in [-0.15, -0.1) is 0 Å². The van der Waals surface area contributed by atoms with Crippen LogP contribution in [0.3, 0.4) is 0 Å². The average Bonchev–Trinajstić information content (AvgIpc) is 2.98. The van der Waals surface area contributed by atoms with Crippen LogP contribution >= 0.6 is 0 Å². The molecule has 17 heavy (non-hydrogen) atoms. The minimum atomic E-state index is -0.965. The molecule has 2 unspecified atom stereocenters. The highest BCUT2D eigenvalue weighted by atomic mass is 16.6. The van der Waals surface area contributed by atoms with Gasteiger partial charge >= 0.3 is 11.9 Å². The Morgan fingerprint density at radius 3 is 1.59 bits per heavy atom. The van der Waals surface area contributed by atoms with Crippen LogP contribution in [-0.2, 0) is 19.1 Å². The molecule has 0 radical (unpaired) electrons. The third-order valence-electron chi connectivity index (χ3n) is 3.18. The van der Waals surface area contributed by atoms with E-state index in [2.05, 4.69) is 0 Å². The molecule has 2 heterocycles. The molecule has 6 nitrogen and oxygen atoms in total. The number of epoxide rings is 2. The van der Waals surface area contributed by atoms with Crippen molar-refractivity contribution in [2.75, 3.05) is 13.2 Å². The van der Waals surface area contributed by atoms with Crippen LogP contribution in [0.1, 0.15) is 25.7 Å². The summed E-state index contributed by atoms with van der Waals surface area (Å²) in [6, 6.07) is 0. The van der Waals surface area contributed by atoms with E-state index in [1.165, 1.54) is 0 Å². The van der Waals surface area contributed by atoms with Gasteiger partial charge in [0.25, 0.3) is 0 Å². The predicted octanol–water partition coefficient (Wildman–Crippen LogP) is 0.500. The Morgan fingerprint density at radius 1 is 1.00 bits per heavy atom. The predicted molar refractivity (Wildman–Crippen MR) is 55.7 cm³/mol. The van der Waals surface area contributed by atoms with Crippen LogP contribution < -0.4 is 0 Å². The highest BCUT2D eigenvalue weighted by Gasteiger charge is 2.45. The van der Waals surface area contributed by atoms with Crippen LogP contribution in [0.5, 0.6) is 0 Å².